The number of aromatic nitrogens is 3. The zero-order valence-corrected chi connectivity index (χ0v) is 30.9. The third-order valence-corrected chi connectivity index (χ3v) is 11.7. The summed E-state index contributed by atoms with van der Waals surface area (Å²) in [5, 5.41) is 4.50. The third kappa shape index (κ3) is 5.48. The van der Waals surface area contributed by atoms with Gasteiger partial charge in [0.15, 0.2) is 17.5 Å². The molecule has 262 valence electrons. The fourth-order valence-electron chi connectivity index (χ4n) is 7.88. The number of hydrogen-bond acceptors (Lipinski definition) is 5. The van der Waals surface area contributed by atoms with Crippen molar-refractivity contribution in [3.05, 3.63) is 188 Å². The first-order valence-corrected chi connectivity index (χ1v) is 19.5. The van der Waals surface area contributed by atoms with Gasteiger partial charge in [0.05, 0.1) is 0 Å². The second kappa shape index (κ2) is 13.3. The summed E-state index contributed by atoms with van der Waals surface area (Å²) in [6.45, 7) is 0. The van der Waals surface area contributed by atoms with Gasteiger partial charge in [0.25, 0.3) is 0 Å². The van der Waals surface area contributed by atoms with Crippen LogP contribution in [0.5, 0.6) is 0 Å². The molecule has 56 heavy (non-hydrogen) atoms. The molecular weight excluding hydrogens is 703 g/mol. The minimum Gasteiger partial charge on any atom is -0.455 e. The average molecular weight is 734 g/mol. The molecule has 0 saturated carbocycles. The monoisotopic (exact) mass is 733 g/mol. The van der Waals surface area contributed by atoms with E-state index in [1.165, 1.54) is 15.0 Å². The largest absolute Gasteiger partial charge is 0.455 e. The van der Waals surface area contributed by atoms with Crippen LogP contribution in [0.3, 0.4) is 0 Å². The molecule has 3 aromatic heterocycles. The van der Waals surface area contributed by atoms with Crippen molar-refractivity contribution in [1.82, 2.24) is 15.0 Å². The van der Waals surface area contributed by atoms with Gasteiger partial charge in [0, 0.05) is 58.8 Å². The van der Waals surface area contributed by atoms with Crippen molar-refractivity contribution in [3.8, 4) is 67.5 Å². The fraction of sp³-hybridized carbons (Fsp3) is 0. The van der Waals surface area contributed by atoms with Crippen molar-refractivity contribution < 1.29 is 4.42 Å². The molecule has 8 aromatic carbocycles. The predicted octanol–water partition coefficient (Wildman–Crippen LogP) is 14.1. The molecule has 0 amide bonds. The normalized spacial score (nSPS) is 11.6. The summed E-state index contributed by atoms with van der Waals surface area (Å²) in [4.78, 5) is 15.5. The van der Waals surface area contributed by atoms with Crippen LogP contribution < -0.4 is 0 Å². The lowest BCUT2D eigenvalue weighted by Gasteiger charge is -2.11. The highest BCUT2D eigenvalue weighted by molar-refractivity contribution is 7.26. The Balaban J connectivity index is 1.13. The number of thiophene rings is 1. The number of benzene rings is 8. The molecule has 0 radical (unpaired) electrons. The molecular formula is C51H31N3OS. The molecule has 0 atom stereocenters. The number of hydrogen-bond donors (Lipinski definition) is 0. The zero-order chi connectivity index (χ0) is 37.0. The molecule has 0 aliphatic rings. The highest BCUT2D eigenvalue weighted by Gasteiger charge is 2.21. The predicted molar refractivity (Wildman–Crippen MR) is 233 cm³/mol. The van der Waals surface area contributed by atoms with Crippen LogP contribution in [0.1, 0.15) is 0 Å². The van der Waals surface area contributed by atoms with E-state index in [4.69, 9.17) is 19.4 Å². The Morgan fingerprint density at radius 3 is 1.71 bits per heavy atom. The molecule has 0 spiro atoms. The lowest BCUT2D eigenvalue weighted by molar-refractivity contribution is 0.670. The highest BCUT2D eigenvalue weighted by Crippen LogP contribution is 2.47. The second-order valence-electron chi connectivity index (χ2n) is 13.9. The van der Waals surface area contributed by atoms with Gasteiger partial charge in [-0.15, -0.1) is 11.3 Å². The van der Waals surface area contributed by atoms with E-state index in [0.29, 0.717) is 17.5 Å². The number of nitrogens with zero attached hydrogens (tertiary/aromatic N) is 3. The molecule has 11 rings (SSSR count). The van der Waals surface area contributed by atoms with Crippen molar-refractivity contribution in [1.29, 1.82) is 0 Å². The van der Waals surface area contributed by atoms with Gasteiger partial charge in [-0.1, -0.05) is 158 Å². The SMILES string of the molecule is c1ccc(-c2cccc(-c3nc(-c4ccccc4)nc(-c4cccc5sc6c(-c7cc(-c8ccccc8)cc8c7oc7ccccc78)cccc6c45)n3)c2)cc1. The molecule has 0 aliphatic heterocycles. The van der Waals surface area contributed by atoms with Crippen molar-refractivity contribution >= 4 is 53.4 Å². The van der Waals surface area contributed by atoms with Gasteiger partial charge in [-0.3, -0.25) is 0 Å². The van der Waals surface area contributed by atoms with Gasteiger partial charge in [-0.05, 0) is 52.6 Å². The maximum Gasteiger partial charge on any atom is 0.164 e. The van der Waals surface area contributed by atoms with E-state index < -0.39 is 0 Å². The quantitative estimate of drug-likeness (QED) is 0.171. The summed E-state index contributed by atoms with van der Waals surface area (Å²) in [6.07, 6.45) is 0. The van der Waals surface area contributed by atoms with Crippen molar-refractivity contribution in [2.75, 3.05) is 0 Å². The Morgan fingerprint density at radius 2 is 0.929 bits per heavy atom. The van der Waals surface area contributed by atoms with Crippen LogP contribution in [-0.4, -0.2) is 15.0 Å². The van der Waals surface area contributed by atoms with Gasteiger partial charge >= 0.3 is 0 Å². The highest BCUT2D eigenvalue weighted by atomic mass is 32.1. The topological polar surface area (TPSA) is 51.8 Å². The Labute approximate surface area is 327 Å². The van der Waals surface area contributed by atoms with Gasteiger partial charge < -0.3 is 4.42 Å². The van der Waals surface area contributed by atoms with E-state index in [-0.39, 0.29) is 0 Å². The minimum atomic E-state index is 0.633. The second-order valence-corrected chi connectivity index (χ2v) is 15.0. The molecule has 0 unspecified atom stereocenters. The van der Waals surface area contributed by atoms with E-state index in [9.17, 15) is 0 Å². The van der Waals surface area contributed by atoms with Gasteiger partial charge in [0.1, 0.15) is 11.2 Å². The summed E-state index contributed by atoms with van der Waals surface area (Å²) in [7, 11) is 0. The summed E-state index contributed by atoms with van der Waals surface area (Å²) < 4.78 is 9.03. The first-order valence-electron chi connectivity index (χ1n) is 18.7. The summed E-state index contributed by atoms with van der Waals surface area (Å²) in [6, 6.07) is 65.6. The lowest BCUT2D eigenvalue weighted by atomic mass is 9.94. The molecule has 4 nitrogen and oxygen atoms in total. The first kappa shape index (κ1) is 32.2. The van der Waals surface area contributed by atoms with E-state index in [1.54, 1.807) is 11.3 Å². The molecule has 0 bridgehead atoms. The van der Waals surface area contributed by atoms with Crippen LogP contribution >= 0.6 is 11.3 Å². The standard InChI is InChI=1S/C51H31N3OS/c1-4-15-32(16-5-1)35-21-12-22-36(29-35)50-52-49(34-19-8-3-9-20-34)53-51(54-50)41-26-14-28-45-46(41)40-25-13-24-39(48(40)56-45)43-31-37(33-17-6-2-7-18-33)30-42-38-23-10-11-27-44(38)55-47(42)43/h1-31H. The smallest absolute Gasteiger partial charge is 0.164 e. The van der Waals surface area contributed by atoms with E-state index in [0.717, 1.165) is 77.2 Å². The molecule has 11 aromatic rings. The average Bonchev–Trinajstić information content (AvgIpc) is 3.86. The number of furan rings is 1. The van der Waals surface area contributed by atoms with Crippen molar-refractivity contribution in [3.63, 3.8) is 0 Å². The van der Waals surface area contributed by atoms with Crippen LogP contribution in [0.25, 0.3) is 110 Å². The van der Waals surface area contributed by atoms with Crippen LogP contribution in [0.2, 0.25) is 0 Å². The summed E-state index contributed by atoms with van der Waals surface area (Å²) in [5.74, 6) is 1.91. The Kier molecular flexibility index (Phi) is 7.64. The van der Waals surface area contributed by atoms with Gasteiger partial charge in [-0.25, -0.2) is 15.0 Å². The van der Waals surface area contributed by atoms with Gasteiger partial charge in [0.2, 0.25) is 0 Å². The van der Waals surface area contributed by atoms with E-state index in [1.807, 2.05) is 30.3 Å². The Bertz CT molecular complexity index is 3240. The molecule has 0 saturated heterocycles. The molecule has 5 heteroatoms. The van der Waals surface area contributed by atoms with Crippen LogP contribution in [0.15, 0.2) is 192 Å². The Morgan fingerprint density at radius 1 is 0.357 bits per heavy atom. The summed E-state index contributed by atoms with van der Waals surface area (Å²) in [5.41, 5.74) is 11.4. The molecule has 3 heterocycles. The lowest BCUT2D eigenvalue weighted by Crippen LogP contribution is -2.00. The summed E-state index contributed by atoms with van der Waals surface area (Å²) >= 11 is 1.80. The van der Waals surface area contributed by atoms with Crippen molar-refractivity contribution in [2.24, 2.45) is 0 Å². The van der Waals surface area contributed by atoms with Gasteiger partial charge in [-0.2, -0.15) is 0 Å². The van der Waals surface area contributed by atoms with Crippen LogP contribution in [0.4, 0.5) is 0 Å². The first-order chi connectivity index (χ1) is 27.7. The fourth-order valence-corrected chi connectivity index (χ4v) is 9.14. The number of para-hydroxylation sites is 1. The third-order valence-electron chi connectivity index (χ3n) is 10.5. The maximum atomic E-state index is 6.67. The molecule has 0 aliphatic carbocycles. The number of rotatable bonds is 6. The maximum absolute atomic E-state index is 6.67. The minimum absolute atomic E-state index is 0.633. The zero-order valence-electron chi connectivity index (χ0n) is 30.1. The van der Waals surface area contributed by atoms with E-state index in [2.05, 4.69) is 158 Å². The number of fused-ring (bicyclic) bond motifs is 6. The van der Waals surface area contributed by atoms with Crippen LogP contribution in [-0.2, 0) is 0 Å². The van der Waals surface area contributed by atoms with Crippen LogP contribution in [0, 0.1) is 0 Å². The van der Waals surface area contributed by atoms with Crippen molar-refractivity contribution in [2.45, 2.75) is 0 Å². The molecule has 0 N–H and O–H groups in total. The molecule has 0 fully saturated rings. The van der Waals surface area contributed by atoms with E-state index >= 15 is 0 Å². The Hall–Kier alpha value is -7.21.